The number of hydrogen-bond donors (Lipinski definition) is 3. The van der Waals surface area contributed by atoms with Crippen molar-refractivity contribution in [3.8, 4) is 0 Å². The number of carbonyl (C=O) groups excluding carboxylic acids is 1. The Bertz CT molecular complexity index is 1380. The minimum Gasteiger partial charge on any atom is -0.392 e. The predicted octanol–water partition coefficient (Wildman–Crippen LogP) is 7.53. The molecule has 0 radical (unpaired) electrons. The van der Waals surface area contributed by atoms with Crippen molar-refractivity contribution >= 4 is 17.8 Å². The zero-order chi connectivity index (χ0) is 30.1. The fraction of sp³-hybridized carbons (Fsp3) is 0.486. The van der Waals surface area contributed by atoms with Gasteiger partial charge in [0.2, 0.25) is 0 Å². The van der Waals surface area contributed by atoms with Crippen molar-refractivity contribution in [1.29, 1.82) is 0 Å². The monoisotopic (exact) mass is 612 g/mol. The predicted molar refractivity (Wildman–Crippen MR) is 173 cm³/mol. The average molecular weight is 613 g/mol. The Morgan fingerprint density at radius 3 is 2.09 bits per heavy atom. The third-order valence-corrected chi connectivity index (χ3v) is 11.5. The molecule has 44 heavy (non-hydrogen) atoms. The van der Waals surface area contributed by atoms with Crippen LogP contribution in [0.5, 0.6) is 0 Å². The summed E-state index contributed by atoms with van der Waals surface area (Å²) < 4.78 is 13.2. The van der Waals surface area contributed by atoms with Crippen LogP contribution in [0.25, 0.3) is 0 Å². The number of amides is 2. The molecule has 8 rings (SSSR count). The van der Waals surface area contributed by atoms with Crippen molar-refractivity contribution in [1.82, 2.24) is 10.6 Å². The van der Waals surface area contributed by atoms with Crippen LogP contribution in [0.1, 0.15) is 80.1 Å². The van der Waals surface area contributed by atoms with Crippen LogP contribution in [0.4, 0.5) is 4.79 Å². The minimum atomic E-state index is -0.503. The number of thioether (sulfide) groups is 1. The van der Waals surface area contributed by atoms with Gasteiger partial charge in [-0.3, -0.25) is 0 Å². The molecule has 0 spiro atoms. The second-order valence-corrected chi connectivity index (χ2v) is 14.8. The summed E-state index contributed by atoms with van der Waals surface area (Å²) in [5.41, 5.74) is 4.00. The van der Waals surface area contributed by atoms with Crippen LogP contribution in [0.2, 0.25) is 0 Å². The standard InChI is InChI=1S/C37H44N2O4S/c1-24-33(23-44-32-5-3-2-4-6-32)42-35(43-34(24)30-11-9-26(22-40)10-12-30)31-13-7-25(8-14-31)21-38-36(41)39-37-18-27-15-28(19-37)17-29(16-27)20-37/h2-14,24,27-29,33-35,40H,15-23H2,1H3,(H2,38,39,41)/t24-,27?,28?,29?,33+,34+,35+,37?/m0/s1. The summed E-state index contributed by atoms with van der Waals surface area (Å²) >= 11 is 1.80. The number of hydrogen-bond acceptors (Lipinski definition) is 5. The van der Waals surface area contributed by atoms with E-state index in [9.17, 15) is 9.90 Å². The van der Waals surface area contributed by atoms with Crippen molar-refractivity contribution in [2.45, 2.75) is 87.5 Å². The first-order chi connectivity index (χ1) is 21.4. The molecule has 0 unspecified atom stereocenters. The first-order valence-electron chi connectivity index (χ1n) is 16.3. The number of aliphatic hydroxyl groups is 1. The van der Waals surface area contributed by atoms with Crippen LogP contribution in [0.15, 0.2) is 83.8 Å². The molecule has 0 aromatic heterocycles. The SMILES string of the molecule is C[C@H]1[C@@H](CSc2ccccc2)O[C@@H](c2ccc(CNC(=O)NC34CC5CC(CC(C5)C3)C4)cc2)O[C@H]1c1ccc(CO)cc1. The Morgan fingerprint density at radius 2 is 1.45 bits per heavy atom. The molecule has 1 heterocycles. The molecule has 4 aliphatic carbocycles. The molecule has 5 fully saturated rings. The molecule has 4 atom stereocenters. The number of carbonyl (C=O) groups is 1. The molecule has 7 heteroatoms. The van der Waals surface area contributed by atoms with Crippen LogP contribution < -0.4 is 10.6 Å². The summed E-state index contributed by atoms with van der Waals surface area (Å²) in [6.07, 6.45) is 6.89. The fourth-order valence-corrected chi connectivity index (χ4v) is 9.62. The van der Waals surface area contributed by atoms with Crippen LogP contribution in [-0.4, -0.2) is 28.5 Å². The zero-order valence-corrected chi connectivity index (χ0v) is 26.3. The molecule has 3 aromatic rings. The van der Waals surface area contributed by atoms with Gasteiger partial charge in [0.15, 0.2) is 6.29 Å². The molecule has 4 bridgehead atoms. The van der Waals surface area contributed by atoms with E-state index in [0.29, 0.717) is 6.54 Å². The maximum Gasteiger partial charge on any atom is 0.315 e. The highest BCUT2D eigenvalue weighted by Gasteiger charge is 2.51. The molecule has 6 nitrogen and oxygen atoms in total. The number of rotatable bonds is 9. The van der Waals surface area contributed by atoms with Gasteiger partial charge in [0.25, 0.3) is 0 Å². The molecular weight excluding hydrogens is 568 g/mol. The highest BCUT2D eigenvalue weighted by Crippen LogP contribution is 2.55. The number of ether oxygens (including phenoxy) is 2. The topological polar surface area (TPSA) is 79.8 Å². The van der Waals surface area contributed by atoms with Crippen molar-refractivity contribution in [2.75, 3.05) is 5.75 Å². The van der Waals surface area contributed by atoms with Gasteiger partial charge in [-0.05, 0) is 85.1 Å². The van der Waals surface area contributed by atoms with Crippen molar-refractivity contribution < 1.29 is 19.4 Å². The summed E-state index contributed by atoms with van der Waals surface area (Å²) in [5.74, 6) is 3.36. The number of nitrogens with one attached hydrogen (secondary N) is 2. The van der Waals surface area contributed by atoms with Crippen LogP contribution in [0, 0.1) is 23.7 Å². The Balaban J connectivity index is 1.00. The van der Waals surface area contributed by atoms with E-state index in [1.54, 1.807) is 11.8 Å². The fourth-order valence-electron chi connectivity index (χ4n) is 8.53. The Labute approximate surface area is 265 Å². The van der Waals surface area contributed by atoms with E-state index < -0.39 is 6.29 Å². The molecule has 1 saturated heterocycles. The largest absolute Gasteiger partial charge is 0.392 e. The highest BCUT2D eigenvalue weighted by molar-refractivity contribution is 7.99. The second-order valence-electron chi connectivity index (χ2n) is 13.7. The number of aliphatic hydroxyl groups excluding tert-OH is 1. The molecule has 2 amide bonds. The lowest BCUT2D eigenvalue weighted by Crippen LogP contribution is -2.61. The van der Waals surface area contributed by atoms with Gasteiger partial charge >= 0.3 is 6.03 Å². The van der Waals surface area contributed by atoms with E-state index in [0.717, 1.165) is 65.0 Å². The normalized spacial score (nSPS) is 32.4. The number of benzene rings is 3. The maximum absolute atomic E-state index is 13.0. The van der Waals surface area contributed by atoms with E-state index >= 15 is 0 Å². The Hall–Kier alpha value is -2.84. The number of urea groups is 1. The zero-order valence-electron chi connectivity index (χ0n) is 25.5. The molecule has 4 saturated carbocycles. The summed E-state index contributed by atoms with van der Waals surface area (Å²) in [4.78, 5) is 14.2. The first-order valence-corrected chi connectivity index (χ1v) is 17.3. The summed E-state index contributed by atoms with van der Waals surface area (Å²) in [6.45, 7) is 2.70. The average Bonchev–Trinajstić information content (AvgIpc) is 3.03. The summed E-state index contributed by atoms with van der Waals surface area (Å²) in [5, 5.41) is 16.1. The summed E-state index contributed by atoms with van der Waals surface area (Å²) in [6, 6.07) is 26.7. The lowest BCUT2D eigenvalue weighted by atomic mass is 9.53. The van der Waals surface area contributed by atoms with Gasteiger partial charge in [-0.25, -0.2) is 4.79 Å². The van der Waals surface area contributed by atoms with Crippen molar-refractivity contribution in [3.63, 3.8) is 0 Å². The van der Waals surface area contributed by atoms with E-state index in [-0.39, 0.29) is 36.3 Å². The van der Waals surface area contributed by atoms with Gasteiger partial charge in [-0.15, -0.1) is 11.8 Å². The molecule has 3 N–H and O–H groups in total. The lowest BCUT2D eigenvalue weighted by Gasteiger charge is -2.56. The van der Waals surface area contributed by atoms with Crippen LogP contribution >= 0.6 is 11.8 Å². The summed E-state index contributed by atoms with van der Waals surface area (Å²) in [7, 11) is 0. The van der Waals surface area contributed by atoms with Crippen molar-refractivity contribution in [3.05, 3.63) is 101 Å². The van der Waals surface area contributed by atoms with E-state index in [1.807, 2.05) is 18.2 Å². The first kappa shape index (κ1) is 29.8. The molecule has 232 valence electrons. The van der Waals surface area contributed by atoms with Crippen LogP contribution in [0.3, 0.4) is 0 Å². The van der Waals surface area contributed by atoms with E-state index in [4.69, 9.17) is 9.47 Å². The molecular formula is C37H44N2O4S. The molecule has 1 aliphatic heterocycles. The van der Waals surface area contributed by atoms with Gasteiger partial charge in [-0.1, -0.05) is 73.7 Å². The Kier molecular flexibility index (Phi) is 8.73. The van der Waals surface area contributed by atoms with Crippen molar-refractivity contribution in [2.24, 2.45) is 23.7 Å². The highest BCUT2D eigenvalue weighted by atomic mass is 32.2. The maximum atomic E-state index is 13.0. The van der Waals surface area contributed by atoms with Gasteiger partial charge < -0.3 is 25.2 Å². The minimum absolute atomic E-state index is 0.0137. The third-order valence-electron chi connectivity index (χ3n) is 10.4. The molecule has 5 aliphatic rings. The van der Waals surface area contributed by atoms with Gasteiger partial charge in [0, 0.05) is 34.2 Å². The lowest BCUT2D eigenvalue weighted by molar-refractivity contribution is -0.268. The Morgan fingerprint density at radius 1 is 0.841 bits per heavy atom. The third kappa shape index (κ3) is 6.57. The van der Waals surface area contributed by atoms with Crippen LogP contribution in [-0.2, 0) is 22.6 Å². The smallest absolute Gasteiger partial charge is 0.315 e. The quantitative estimate of drug-likeness (QED) is 0.218. The van der Waals surface area contributed by atoms with E-state index in [2.05, 4.69) is 78.2 Å². The van der Waals surface area contributed by atoms with Gasteiger partial charge in [0.05, 0.1) is 18.8 Å². The second kappa shape index (κ2) is 12.9. The van der Waals surface area contributed by atoms with Gasteiger partial charge in [0.1, 0.15) is 0 Å². The molecule has 3 aromatic carbocycles. The van der Waals surface area contributed by atoms with E-state index in [1.165, 1.54) is 24.2 Å². The van der Waals surface area contributed by atoms with Gasteiger partial charge in [-0.2, -0.15) is 0 Å².